The fourth-order valence-corrected chi connectivity index (χ4v) is 11.4. The molecule has 2 aliphatic carbocycles. The molecule has 64 heavy (non-hydrogen) atoms. The summed E-state index contributed by atoms with van der Waals surface area (Å²) in [6.07, 6.45) is 0. The van der Waals surface area contributed by atoms with Crippen LogP contribution in [0.5, 0.6) is 11.5 Å². The van der Waals surface area contributed by atoms with Crippen LogP contribution >= 0.6 is 0 Å². The highest BCUT2D eigenvalue weighted by Crippen LogP contribution is 2.64. The number of fused-ring (bicyclic) bond motifs is 21. The largest absolute Gasteiger partial charge is 0.456 e. The number of para-hydroxylation sites is 4. The summed E-state index contributed by atoms with van der Waals surface area (Å²) in [5, 5.41) is 2.30. The standard InChI is InChI=1S/C61H37NO2/c1-2-17-38(18-3-1)62(54-30-16-27-46-42-21-6-5-20-41(42)45-24-10-14-31-55(45)64-60(46)54)39-33-34-52-49(37-39)43-22-7-4-19-40(43)44-23-8-12-28-50(44)61(52)51-29-13-9-25-47(51)58-53(61)35-36-57-59(58)48-26-11-15-32-56(48)63-57/h1-37H. The summed E-state index contributed by atoms with van der Waals surface area (Å²) < 4.78 is 13.7. The van der Waals surface area contributed by atoms with Crippen molar-refractivity contribution in [2.75, 3.05) is 4.90 Å². The van der Waals surface area contributed by atoms with E-state index in [9.17, 15) is 0 Å². The number of furan rings is 1. The third-order valence-electron chi connectivity index (χ3n) is 13.9. The van der Waals surface area contributed by atoms with Crippen LogP contribution in [0.4, 0.5) is 17.1 Å². The number of hydrogen-bond donors (Lipinski definition) is 0. The van der Waals surface area contributed by atoms with Gasteiger partial charge in [-0.2, -0.15) is 0 Å². The fourth-order valence-electron chi connectivity index (χ4n) is 11.4. The molecule has 0 bridgehead atoms. The van der Waals surface area contributed by atoms with E-state index in [-0.39, 0.29) is 0 Å². The first-order valence-corrected chi connectivity index (χ1v) is 22.0. The molecule has 1 unspecified atom stereocenters. The molecule has 3 aliphatic rings. The maximum atomic E-state index is 7.14. The van der Waals surface area contributed by atoms with Crippen LogP contribution in [0, 0.1) is 0 Å². The molecule has 14 rings (SSSR count). The van der Waals surface area contributed by atoms with Crippen molar-refractivity contribution in [1.82, 2.24) is 0 Å². The Morgan fingerprint density at radius 3 is 1.70 bits per heavy atom. The topological polar surface area (TPSA) is 25.6 Å². The van der Waals surface area contributed by atoms with Crippen LogP contribution in [-0.2, 0) is 5.41 Å². The molecule has 0 fully saturated rings. The second-order valence-electron chi connectivity index (χ2n) is 17.0. The van der Waals surface area contributed by atoms with E-state index < -0.39 is 5.41 Å². The molecular formula is C61H37NO2. The third-order valence-corrected chi connectivity index (χ3v) is 13.9. The van der Waals surface area contributed by atoms with Gasteiger partial charge in [0.05, 0.1) is 11.1 Å². The van der Waals surface area contributed by atoms with Crippen molar-refractivity contribution in [3.05, 3.63) is 247 Å². The quantitative estimate of drug-likeness (QED) is 0.178. The minimum atomic E-state index is -0.653. The highest BCUT2D eigenvalue weighted by molar-refractivity contribution is 6.16. The SMILES string of the molecule is c1ccc(N(c2ccc3c(c2)-c2ccccc2-c2ccccc2C32c3ccccc3-c3c2ccc2oc4ccccc4c32)c2cccc3c2Oc2ccccc2-c2ccccc2-3)cc1. The Hall–Kier alpha value is -8.40. The van der Waals surface area contributed by atoms with Crippen LogP contribution in [0.25, 0.3) is 77.6 Å². The first-order valence-electron chi connectivity index (χ1n) is 22.0. The van der Waals surface area contributed by atoms with Gasteiger partial charge in [-0.05, 0) is 115 Å². The van der Waals surface area contributed by atoms with Crippen LogP contribution in [0.3, 0.4) is 0 Å². The van der Waals surface area contributed by atoms with Crippen LogP contribution < -0.4 is 9.64 Å². The Morgan fingerprint density at radius 2 is 0.906 bits per heavy atom. The number of benzene rings is 10. The van der Waals surface area contributed by atoms with E-state index in [2.05, 4.69) is 229 Å². The van der Waals surface area contributed by atoms with Crippen molar-refractivity contribution in [2.24, 2.45) is 0 Å². The van der Waals surface area contributed by atoms with Crippen molar-refractivity contribution in [2.45, 2.75) is 5.41 Å². The Bertz CT molecular complexity index is 3730. The number of rotatable bonds is 3. The molecule has 0 amide bonds. The van der Waals surface area contributed by atoms with E-state index in [1.165, 1.54) is 55.6 Å². The second kappa shape index (κ2) is 13.3. The summed E-state index contributed by atoms with van der Waals surface area (Å²) >= 11 is 0. The summed E-state index contributed by atoms with van der Waals surface area (Å²) in [5.41, 5.74) is 21.0. The average molecular weight is 816 g/mol. The van der Waals surface area contributed by atoms with Crippen LogP contribution in [0.2, 0.25) is 0 Å². The van der Waals surface area contributed by atoms with Gasteiger partial charge in [-0.1, -0.05) is 176 Å². The predicted octanol–water partition coefficient (Wildman–Crippen LogP) is 16.5. The van der Waals surface area contributed by atoms with Crippen molar-refractivity contribution in [1.29, 1.82) is 0 Å². The minimum Gasteiger partial charge on any atom is -0.456 e. The van der Waals surface area contributed by atoms with Gasteiger partial charge in [0.1, 0.15) is 16.9 Å². The van der Waals surface area contributed by atoms with Gasteiger partial charge in [0.15, 0.2) is 5.75 Å². The molecule has 3 nitrogen and oxygen atoms in total. The first-order chi connectivity index (χ1) is 31.8. The van der Waals surface area contributed by atoms with Gasteiger partial charge in [0.25, 0.3) is 0 Å². The smallest absolute Gasteiger partial charge is 0.159 e. The van der Waals surface area contributed by atoms with Crippen LogP contribution in [0.1, 0.15) is 22.3 Å². The Morgan fingerprint density at radius 1 is 0.344 bits per heavy atom. The van der Waals surface area contributed by atoms with E-state index in [0.717, 1.165) is 72.8 Å². The highest BCUT2D eigenvalue weighted by atomic mass is 16.5. The minimum absolute atomic E-state index is 0.653. The van der Waals surface area contributed by atoms with E-state index in [0.29, 0.717) is 0 Å². The van der Waals surface area contributed by atoms with Gasteiger partial charge in [0, 0.05) is 33.3 Å². The van der Waals surface area contributed by atoms with Crippen molar-refractivity contribution in [3.8, 4) is 67.1 Å². The summed E-state index contributed by atoms with van der Waals surface area (Å²) in [6, 6.07) is 81.6. The second-order valence-corrected chi connectivity index (χ2v) is 17.0. The summed E-state index contributed by atoms with van der Waals surface area (Å²) in [4.78, 5) is 2.38. The maximum absolute atomic E-state index is 7.14. The van der Waals surface area contributed by atoms with Crippen molar-refractivity contribution >= 4 is 39.0 Å². The molecule has 1 aromatic heterocycles. The summed E-state index contributed by atoms with van der Waals surface area (Å²) in [5.74, 6) is 1.65. The van der Waals surface area contributed by atoms with Crippen molar-refractivity contribution in [3.63, 3.8) is 0 Å². The van der Waals surface area contributed by atoms with E-state index in [1.807, 2.05) is 0 Å². The zero-order valence-corrected chi connectivity index (χ0v) is 34.6. The number of hydrogen-bond acceptors (Lipinski definition) is 3. The molecule has 11 aromatic rings. The Kier molecular flexibility index (Phi) is 7.32. The molecular weight excluding hydrogens is 779 g/mol. The molecule has 0 N–H and O–H groups in total. The normalized spacial score (nSPS) is 14.8. The predicted molar refractivity (Wildman–Crippen MR) is 261 cm³/mol. The maximum Gasteiger partial charge on any atom is 0.159 e. The number of anilines is 3. The molecule has 0 saturated heterocycles. The molecule has 0 saturated carbocycles. The third kappa shape index (κ3) is 4.70. The van der Waals surface area contributed by atoms with Gasteiger partial charge < -0.3 is 14.1 Å². The summed E-state index contributed by atoms with van der Waals surface area (Å²) in [6.45, 7) is 0. The molecule has 2 heterocycles. The first kappa shape index (κ1) is 35.2. The van der Waals surface area contributed by atoms with Gasteiger partial charge in [0.2, 0.25) is 0 Å². The molecule has 1 aliphatic heterocycles. The Balaban J connectivity index is 1.08. The van der Waals surface area contributed by atoms with Gasteiger partial charge in [-0.15, -0.1) is 0 Å². The zero-order valence-electron chi connectivity index (χ0n) is 34.6. The highest BCUT2D eigenvalue weighted by Gasteiger charge is 2.50. The molecule has 0 radical (unpaired) electrons. The van der Waals surface area contributed by atoms with Gasteiger partial charge in [-0.3, -0.25) is 0 Å². The van der Waals surface area contributed by atoms with Crippen molar-refractivity contribution < 1.29 is 9.15 Å². The molecule has 10 aromatic carbocycles. The monoisotopic (exact) mass is 815 g/mol. The van der Waals surface area contributed by atoms with E-state index >= 15 is 0 Å². The number of nitrogens with zero attached hydrogens (tertiary/aromatic N) is 1. The molecule has 3 heteroatoms. The lowest BCUT2D eigenvalue weighted by molar-refractivity contribution is 0.489. The fraction of sp³-hybridized carbons (Fsp3) is 0.0164. The average Bonchev–Trinajstić information content (AvgIpc) is 3.80. The van der Waals surface area contributed by atoms with Gasteiger partial charge in [-0.25, -0.2) is 0 Å². The zero-order chi connectivity index (χ0) is 41.9. The van der Waals surface area contributed by atoms with Crippen LogP contribution in [-0.4, -0.2) is 0 Å². The number of ether oxygens (including phenoxy) is 1. The molecule has 1 spiro atoms. The van der Waals surface area contributed by atoms with Crippen LogP contribution in [0.15, 0.2) is 229 Å². The van der Waals surface area contributed by atoms with E-state index in [1.54, 1.807) is 0 Å². The van der Waals surface area contributed by atoms with E-state index in [4.69, 9.17) is 9.15 Å². The summed E-state index contributed by atoms with van der Waals surface area (Å²) in [7, 11) is 0. The molecule has 1 atom stereocenters. The lowest BCUT2D eigenvalue weighted by Crippen LogP contribution is -2.29. The molecule has 298 valence electrons. The lowest BCUT2D eigenvalue weighted by atomic mass is 9.66. The Labute approximate surface area is 370 Å². The van der Waals surface area contributed by atoms with Gasteiger partial charge >= 0.3 is 0 Å². The lowest BCUT2D eigenvalue weighted by Gasteiger charge is -2.36.